The molecule has 0 aromatic carbocycles. The molecule has 0 aliphatic carbocycles. The molecular formula is C15H26O5. The summed E-state index contributed by atoms with van der Waals surface area (Å²) in [5.41, 5.74) is -0.608. The molecule has 0 heterocycles. The van der Waals surface area contributed by atoms with Crippen molar-refractivity contribution in [1.29, 1.82) is 0 Å². The van der Waals surface area contributed by atoms with Gasteiger partial charge in [0.25, 0.3) is 0 Å². The van der Waals surface area contributed by atoms with Gasteiger partial charge in [-0.05, 0) is 6.42 Å². The smallest absolute Gasteiger partial charge is 0.305 e. The summed E-state index contributed by atoms with van der Waals surface area (Å²) in [6.45, 7) is 7.34. The van der Waals surface area contributed by atoms with Crippen LogP contribution in [0.15, 0.2) is 0 Å². The molecule has 0 bridgehead atoms. The maximum absolute atomic E-state index is 11.7. The number of carbonyl (C=O) groups is 3. The van der Waals surface area contributed by atoms with E-state index in [0.29, 0.717) is 12.8 Å². The van der Waals surface area contributed by atoms with Crippen LogP contribution in [0.1, 0.15) is 59.8 Å². The minimum Gasteiger partial charge on any atom is -0.465 e. The zero-order valence-electron chi connectivity index (χ0n) is 13.0. The van der Waals surface area contributed by atoms with Gasteiger partial charge in [-0.1, -0.05) is 27.7 Å². The average molecular weight is 286 g/mol. The van der Waals surface area contributed by atoms with Crippen LogP contribution < -0.4 is 0 Å². The van der Waals surface area contributed by atoms with E-state index in [2.05, 4.69) is 0 Å². The number of esters is 2. The van der Waals surface area contributed by atoms with Gasteiger partial charge in [-0.15, -0.1) is 0 Å². The van der Waals surface area contributed by atoms with Crippen LogP contribution in [0.25, 0.3) is 0 Å². The Morgan fingerprint density at radius 3 is 1.55 bits per heavy atom. The highest BCUT2D eigenvalue weighted by molar-refractivity contribution is 5.79. The number of ether oxygens (including phenoxy) is 2. The molecule has 20 heavy (non-hydrogen) atoms. The van der Waals surface area contributed by atoms with Crippen molar-refractivity contribution in [3.8, 4) is 0 Å². The van der Waals surface area contributed by atoms with Gasteiger partial charge in [-0.2, -0.15) is 0 Å². The molecule has 5 nitrogen and oxygen atoms in total. The van der Waals surface area contributed by atoms with Crippen molar-refractivity contribution >= 4 is 17.7 Å². The minimum absolute atomic E-state index is 0.0759. The molecular weight excluding hydrogens is 260 g/mol. The molecule has 0 saturated carbocycles. The first-order valence-corrected chi connectivity index (χ1v) is 7.25. The van der Waals surface area contributed by atoms with Crippen LogP contribution in [0, 0.1) is 5.41 Å². The molecule has 0 fully saturated rings. The van der Waals surface area contributed by atoms with Crippen molar-refractivity contribution in [3.05, 3.63) is 0 Å². The predicted molar refractivity (Wildman–Crippen MR) is 75.1 cm³/mol. The van der Waals surface area contributed by atoms with Crippen LogP contribution >= 0.6 is 0 Å². The first-order chi connectivity index (χ1) is 9.42. The highest BCUT2D eigenvalue weighted by Crippen LogP contribution is 2.29. The van der Waals surface area contributed by atoms with E-state index in [0.717, 1.165) is 0 Å². The molecule has 0 unspecified atom stereocenters. The van der Waals surface area contributed by atoms with E-state index in [9.17, 15) is 14.4 Å². The number of carbonyl (C=O) groups excluding carboxylic acids is 3. The molecule has 116 valence electrons. The summed E-state index contributed by atoms with van der Waals surface area (Å²) in [6, 6.07) is 0. The Hall–Kier alpha value is -1.39. The second-order valence-electron chi connectivity index (χ2n) is 4.95. The molecule has 0 radical (unpaired) electrons. The second-order valence-corrected chi connectivity index (χ2v) is 4.95. The Labute approximate surface area is 121 Å². The molecule has 0 aliphatic rings. The predicted octanol–water partition coefficient (Wildman–Crippen LogP) is 2.66. The lowest BCUT2D eigenvalue weighted by Crippen LogP contribution is -2.36. The normalized spacial score (nSPS) is 11.0. The fraction of sp³-hybridized carbons (Fsp3) is 0.800. The quantitative estimate of drug-likeness (QED) is 0.577. The molecule has 0 N–H and O–H groups in total. The minimum atomic E-state index is -0.608. The van der Waals surface area contributed by atoms with Crippen LogP contribution in [0.3, 0.4) is 0 Å². The van der Waals surface area contributed by atoms with Crippen molar-refractivity contribution in [1.82, 2.24) is 0 Å². The van der Waals surface area contributed by atoms with E-state index in [1.165, 1.54) is 0 Å². The summed E-state index contributed by atoms with van der Waals surface area (Å²) in [4.78, 5) is 34.4. The Bertz CT molecular complexity index is 315. The molecule has 5 heteroatoms. The van der Waals surface area contributed by atoms with Gasteiger partial charge in [0.05, 0.1) is 0 Å². The third-order valence-corrected chi connectivity index (χ3v) is 3.37. The fourth-order valence-corrected chi connectivity index (χ4v) is 1.69. The largest absolute Gasteiger partial charge is 0.465 e. The van der Waals surface area contributed by atoms with Crippen molar-refractivity contribution in [2.24, 2.45) is 5.41 Å². The van der Waals surface area contributed by atoms with E-state index >= 15 is 0 Å². The van der Waals surface area contributed by atoms with Gasteiger partial charge < -0.3 is 9.47 Å². The van der Waals surface area contributed by atoms with Gasteiger partial charge in [0, 0.05) is 31.1 Å². The Kier molecular flexibility index (Phi) is 8.84. The molecule has 0 aliphatic heterocycles. The third-order valence-electron chi connectivity index (χ3n) is 3.37. The summed E-state index contributed by atoms with van der Waals surface area (Å²) in [6.07, 6.45) is 1.86. The third kappa shape index (κ3) is 6.68. The first kappa shape index (κ1) is 18.6. The highest BCUT2D eigenvalue weighted by atomic mass is 16.5. The number of hydrogen-bond acceptors (Lipinski definition) is 5. The maximum atomic E-state index is 11.7. The lowest BCUT2D eigenvalue weighted by atomic mass is 9.81. The topological polar surface area (TPSA) is 69.7 Å². The first-order valence-electron chi connectivity index (χ1n) is 7.25. The number of Topliss-reactive ketones (excluding diaryl/α,β-unsaturated/α-hetero) is 1. The van der Waals surface area contributed by atoms with E-state index in [1.807, 2.05) is 6.92 Å². The van der Waals surface area contributed by atoms with Crippen LogP contribution in [0.4, 0.5) is 0 Å². The SMILES string of the molecule is CCC(=O)CC(CC)(COC(=O)CC)COC(=O)CC. The van der Waals surface area contributed by atoms with Gasteiger partial charge in [0.1, 0.15) is 19.0 Å². The molecule has 0 aromatic heterocycles. The molecule has 0 rings (SSSR count). The lowest BCUT2D eigenvalue weighted by Gasteiger charge is -2.31. The van der Waals surface area contributed by atoms with Crippen molar-refractivity contribution in [2.45, 2.75) is 59.8 Å². The average Bonchev–Trinajstić information content (AvgIpc) is 2.48. The number of hydrogen-bond donors (Lipinski definition) is 0. The molecule has 0 spiro atoms. The van der Waals surface area contributed by atoms with Crippen molar-refractivity contribution in [2.75, 3.05) is 13.2 Å². The Morgan fingerprint density at radius 2 is 1.25 bits per heavy atom. The molecule has 0 amide bonds. The number of ketones is 1. The zero-order valence-corrected chi connectivity index (χ0v) is 13.0. The van der Waals surface area contributed by atoms with E-state index in [-0.39, 0.29) is 50.2 Å². The Morgan fingerprint density at radius 1 is 0.800 bits per heavy atom. The zero-order chi connectivity index (χ0) is 15.6. The van der Waals surface area contributed by atoms with Crippen LogP contribution in [0.5, 0.6) is 0 Å². The van der Waals surface area contributed by atoms with Crippen molar-refractivity contribution < 1.29 is 23.9 Å². The van der Waals surface area contributed by atoms with Gasteiger partial charge in [0.2, 0.25) is 0 Å². The molecule has 0 saturated heterocycles. The standard InChI is InChI=1S/C15H26O5/c1-5-12(16)9-15(8-4,10-19-13(17)6-2)11-20-14(18)7-3/h5-11H2,1-4H3. The van der Waals surface area contributed by atoms with E-state index in [4.69, 9.17) is 9.47 Å². The van der Waals surface area contributed by atoms with Crippen LogP contribution in [0.2, 0.25) is 0 Å². The summed E-state index contributed by atoms with van der Waals surface area (Å²) >= 11 is 0. The van der Waals surface area contributed by atoms with Gasteiger partial charge >= 0.3 is 11.9 Å². The van der Waals surface area contributed by atoms with Crippen LogP contribution in [-0.2, 0) is 23.9 Å². The fourth-order valence-electron chi connectivity index (χ4n) is 1.69. The van der Waals surface area contributed by atoms with E-state index < -0.39 is 5.41 Å². The Balaban J connectivity index is 4.81. The monoisotopic (exact) mass is 286 g/mol. The highest BCUT2D eigenvalue weighted by Gasteiger charge is 2.33. The summed E-state index contributed by atoms with van der Waals surface area (Å²) < 4.78 is 10.4. The summed E-state index contributed by atoms with van der Waals surface area (Å²) in [5.74, 6) is -0.547. The lowest BCUT2D eigenvalue weighted by molar-refractivity contribution is -0.156. The summed E-state index contributed by atoms with van der Waals surface area (Å²) in [7, 11) is 0. The summed E-state index contributed by atoms with van der Waals surface area (Å²) in [5, 5.41) is 0. The maximum Gasteiger partial charge on any atom is 0.305 e. The number of rotatable bonds is 10. The van der Waals surface area contributed by atoms with E-state index in [1.54, 1.807) is 20.8 Å². The molecule has 0 aromatic rings. The van der Waals surface area contributed by atoms with Gasteiger partial charge in [-0.3, -0.25) is 14.4 Å². The van der Waals surface area contributed by atoms with Crippen LogP contribution in [-0.4, -0.2) is 30.9 Å². The van der Waals surface area contributed by atoms with Gasteiger partial charge in [0.15, 0.2) is 0 Å². The molecule has 0 atom stereocenters. The second kappa shape index (κ2) is 9.50. The van der Waals surface area contributed by atoms with Gasteiger partial charge in [-0.25, -0.2) is 0 Å². The van der Waals surface area contributed by atoms with Crippen molar-refractivity contribution in [3.63, 3.8) is 0 Å².